The summed E-state index contributed by atoms with van der Waals surface area (Å²) in [6.45, 7) is 1.75. The zero-order chi connectivity index (χ0) is 24.6. The summed E-state index contributed by atoms with van der Waals surface area (Å²) in [5.74, 6) is -0.656. The first-order valence-electron chi connectivity index (χ1n) is 11.1. The Hall–Kier alpha value is -4.46. The van der Waals surface area contributed by atoms with Gasteiger partial charge in [0.05, 0.1) is 5.69 Å². The van der Waals surface area contributed by atoms with Gasteiger partial charge >= 0.3 is 12.1 Å². The molecular weight excluding hydrogens is 446 g/mol. The van der Waals surface area contributed by atoms with Crippen molar-refractivity contribution in [2.45, 2.75) is 32.6 Å². The van der Waals surface area contributed by atoms with Crippen molar-refractivity contribution < 1.29 is 19.1 Å². The number of amides is 1. The van der Waals surface area contributed by atoms with Crippen molar-refractivity contribution in [1.82, 2.24) is 14.7 Å². The standard InChI is InChI=1S/C27H25N3O5/c1-19-12-13-24-28-22(15-25(31)30(24)16-19)18-34-26(32)23(14-20-8-4-2-5-9-20)29-27(33)35-17-21-10-6-3-7-11-21/h2-13,15-16,23H,14,17-18H2,1H3,(H,29,33). The van der Waals surface area contributed by atoms with Crippen molar-refractivity contribution in [2.24, 2.45) is 0 Å². The maximum atomic E-state index is 12.9. The number of pyridine rings is 1. The first-order valence-corrected chi connectivity index (χ1v) is 11.1. The molecule has 8 nitrogen and oxygen atoms in total. The third-order valence-electron chi connectivity index (χ3n) is 5.29. The van der Waals surface area contributed by atoms with E-state index in [0.717, 1.165) is 16.7 Å². The lowest BCUT2D eigenvalue weighted by Crippen LogP contribution is -2.43. The average molecular weight is 472 g/mol. The van der Waals surface area contributed by atoms with E-state index in [1.165, 1.54) is 10.5 Å². The molecule has 0 saturated heterocycles. The van der Waals surface area contributed by atoms with Crippen LogP contribution in [0.2, 0.25) is 0 Å². The van der Waals surface area contributed by atoms with Gasteiger partial charge in [0.1, 0.15) is 24.9 Å². The van der Waals surface area contributed by atoms with E-state index in [1.807, 2.05) is 73.7 Å². The predicted octanol–water partition coefficient (Wildman–Crippen LogP) is 3.58. The van der Waals surface area contributed by atoms with E-state index in [2.05, 4.69) is 10.3 Å². The van der Waals surface area contributed by atoms with Crippen LogP contribution in [0.25, 0.3) is 5.65 Å². The lowest BCUT2D eigenvalue weighted by molar-refractivity contribution is -0.147. The fourth-order valence-electron chi connectivity index (χ4n) is 3.53. The van der Waals surface area contributed by atoms with Crippen LogP contribution in [0.1, 0.15) is 22.4 Å². The van der Waals surface area contributed by atoms with Crippen LogP contribution in [0.4, 0.5) is 4.79 Å². The van der Waals surface area contributed by atoms with Crippen molar-refractivity contribution in [3.8, 4) is 0 Å². The van der Waals surface area contributed by atoms with Gasteiger partial charge in [0.25, 0.3) is 5.56 Å². The third-order valence-corrected chi connectivity index (χ3v) is 5.29. The van der Waals surface area contributed by atoms with Crippen molar-refractivity contribution in [1.29, 1.82) is 0 Å². The van der Waals surface area contributed by atoms with E-state index in [-0.39, 0.29) is 25.2 Å². The summed E-state index contributed by atoms with van der Waals surface area (Å²) in [5.41, 5.74) is 3.10. The molecule has 4 rings (SSSR count). The zero-order valence-electron chi connectivity index (χ0n) is 19.2. The number of hydrogen-bond donors (Lipinski definition) is 1. The van der Waals surface area contributed by atoms with Gasteiger partial charge in [-0.1, -0.05) is 66.7 Å². The lowest BCUT2D eigenvalue weighted by Gasteiger charge is -2.18. The second kappa shape index (κ2) is 11.1. The molecule has 4 aromatic rings. The number of fused-ring (bicyclic) bond motifs is 1. The maximum Gasteiger partial charge on any atom is 0.408 e. The van der Waals surface area contributed by atoms with Gasteiger partial charge in [0.15, 0.2) is 0 Å². The molecule has 35 heavy (non-hydrogen) atoms. The SMILES string of the molecule is Cc1ccc2nc(COC(=O)C(Cc3ccccc3)NC(=O)OCc3ccccc3)cc(=O)n2c1. The fourth-order valence-corrected chi connectivity index (χ4v) is 3.53. The molecule has 1 unspecified atom stereocenters. The molecule has 0 aliphatic carbocycles. The second-order valence-corrected chi connectivity index (χ2v) is 8.08. The van der Waals surface area contributed by atoms with E-state index in [0.29, 0.717) is 11.3 Å². The topological polar surface area (TPSA) is 99.0 Å². The molecule has 2 aromatic heterocycles. The molecular formula is C27H25N3O5. The summed E-state index contributed by atoms with van der Waals surface area (Å²) in [6, 6.07) is 22.4. The Morgan fingerprint density at radius 3 is 2.31 bits per heavy atom. The highest BCUT2D eigenvalue weighted by Crippen LogP contribution is 2.09. The minimum Gasteiger partial charge on any atom is -0.458 e. The summed E-state index contributed by atoms with van der Waals surface area (Å²) in [4.78, 5) is 42.1. The number of rotatable bonds is 8. The van der Waals surface area contributed by atoms with Crippen LogP contribution in [0.5, 0.6) is 0 Å². The Balaban J connectivity index is 1.43. The second-order valence-electron chi connectivity index (χ2n) is 8.08. The molecule has 2 aromatic carbocycles. The van der Waals surface area contributed by atoms with Gasteiger partial charge in [-0.3, -0.25) is 9.20 Å². The Kier molecular flexibility index (Phi) is 7.52. The minimum absolute atomic E-state index is 0.0736. The van der Waals surface area contributed by atoms with Crippen molar-refractivity contribution in [3.63, 3.8) is 0 Å². The highest BCUT2D eigenvalue weighted by atomic mass is 16.6. The van der Waals surface area contributed by atoms with Gasteiger partial charge in [0, 0.05) is 18.7 Å². The number of hydrogen-bond acceptors (Lipinski definition) is 6. The highest BCUT2D eigenvalue weighted by molar-refractivity contribution is 5.81. The number of carbonyl (C=O) groups excluding carboxylic acids is 2. The summed E-state index contributed by atoms with van der Waals surface area (Å²) in [6.07, 6.45) is 1.18. The Morgan fingerprint density at radius 1 is 0.914 bits per heavy atom. The molecule has 8 heteroatoms. The fraction of sp³-hybridized carbons (Fsp3) is 0.185. The molecule has 0 aliphatic rings. The molecule has 1 N–H and O–H groups in total. The van der Waals surface area contributed by atoms with Crippen LogP contribution in [-0.2, 0) is 33.9 Å². The number of esters is 1. The minimum atomic E-state index is -0.982. The summed E-state index contributed by atoms with van der Waals surface area (Å²) in [5, 5.41) is 2.60. The molecule has 0 saturated carbocycles. The molecule has 1 amide bonds. The monoisotopic (exact) mass is 471 g/mol. The largest absolute Gasteiger partial charge is 0.458 e. The summed E-state index contributed by atoms with van der Waals surface area (Å²) in [7, 11) is 0. The molecule has 2 heterocycles. The molecule has 0 spiro atoms. The highest BCUT2D eigenvalue weighted by Gasteiger charge is 2.24. The van der Waals surface area contributed by atoms with Crippen molar-refractivity contribution >= 4 is 17.7 Å². The van der Waals surface area contributed by atoms with Crippen LogP contribution in [0, 0.1) is 6.92 Å². The summed E-state index contributed by atoms with van der Waals surface area (Å²) >= 11 is 0. The van der Waals surface area contributed by atoms with Gasteiger partial charge in [0.2, 0.25) is 0 Å². The first kappa shape index (κ1) is 23.7. The molecule has 0 fully saturated rings. The molecule has 0 radical (unpaired) electrons. The number of nitrogens with one attached hydrogen (secondary N) is 1. The van der Waals surface area contributed by atoms with E-state index in [1.54, 1.807) is 12.3 Å². The number of carbonyl (C=O) groups is 2. The van der Waals surface area contributed by atoms with Crippen LogP contribution in [-0.4, -0.2) is 27.5 Å². The number of aryl methyl sites for hydroxylation is 1. The van der Waals surface area contributed by atoms with Crippen LogP contribution in [0.3, 0.4) is 0 Å². The van der Waals surface area contributed by atoms with E-state index >= 15 is 0 Å². The van der Waals surface area contributed by atoms with Gasteiger partial charge < -0.3 is 14.8 Å². The first-order chi connectivity index (χ1) is 17.0. The molecule has 1 atom stereocenters. The number of alkyl carbamates (subject to hydrolysis) is 1. The van der Waals surface area contributed by atoms with E-state index in [4.69, 9.17) is 9.47 Å². The van der Waals surface area contributed by atoms with E-state index in [9.17, 15) is 14.4 Å². The smallest absolute Gasteiger partial charge is 0.408 e. The average Bonchev–Trinajstić information content (AvgIpc) is 2.87. The Morgan fingerprint density at radius 2 is 1.60 bits per heavy atom. The Bertz CT molecular complexity index is 1370. The molecule has 0 bridgehead atoms. The number of nitrogens with zero attached hydrogens (tertiary/aromatic N) is 2. The number of aromatic nitrogens is 2. The normalized spacial score (nSPS) is 11.6. The van der Waals surface area contributed by atoms with Crippen LogP contribution in [0.15, 0.2) is 89.9 Å². The lowest BCUT2D eigenvalue weighted by atomic mass is 10.1. The number of ether oxygens (including phenoxy) is 2. The van der Waals surface area contributed by atoms with Crippen molar-refractivity contribution in [2.75, 3.05) is 0 Å². The van der Waals surface area contributed by atoms with Crippen molar-refractivity contribution in [3.05, 3.63) is 118 Å². The van der Waals surface area contributed by atoms with E-state index < -0.39 is 18.1 Å². The third kappa shape index (κ3) is 6.54. The number of benzene rings is 2. The van der Waals surface area contributed by atoms with Gasteiger partial charge in [-0.25, -0.2) is 14.6 Å². The van der Waals surface area contributed by atoms with Gasteiger partial charge in [-0.15, -0.1) is 0 Å². The van der Waals surface area contributed by atoms with Crippen LogP contribution >= 0.6 is 0 Å². The zero-order valence-corrected chi connectivity index (χ0v) is 19.2. The Labute approximate surface area is 202 Å². The van der Waals surface area contributed by atoms with Gasteiger partial charge in [-0.05, 0) is 29.7 Å². The molecule has 178 valence electrons. The maximum absolute atomic E-state index is 12.9. The predicted molar refractivity (Wildman–Crippen MR) is 130 cm³/mol. The quantitative estimate of drug-likeness (QED) is 0.395. The van der Waals surface area contributed by atoms with Crippen LogP contribution < -0.4 is 10.9 Å². The molecule has 0 aliphatic heterocycles. The van der Waals surface area contributed by atoms with Gasteiger partial charge in [-0.2, -0.15) is 0 Å². The summed E-state index contributed by atoms with van der Waals surface area (Å²) < 4.78 is 12.1.